The first-order chi connectivity index (χ1) is 19.0. The lowest BCUT2D eigenvalue weighted by atomic mass is 9.90. The number of carbonyl (C=O) groups is 1. The molecule has 3 aromatic carbocycles. The van der Waals surface area contributed by atoms with Gasteiger partial charge in [0.15, 0.2) is 0 Å². The largest absolute Gasteiger partial charge is 0.487 e. The molecule has 210 valence electrons. The molecule has 0 aliphatic rings. The van der Waals surface area contributed by atoms with E-state index in [4.69, 9.17) is 16.3 Å². The summed E-state index contributed by atoms with van der Waals surface area (Å²) in [6, 6.07) is 25.4. The zero-order chi connectivity index (χ0) is 28.9. The summed E-state index contributed by atoms with van der Waals surface area (Å²) in [5, 5.41) is 21.7. The SMILES string of the molecule is CC(C)C(S[C@H](CCc1ccccc1C(C)(C)O)c1cccc(OCc2ccc3ccc(Cl)cc3n2)c1)C(=O)O. The Morgan fingerprint density at radius 1 is 1.02 bits per heavy atom. The predicted octanol–water partition coefficient (Wildman–Crippen LogP) is 8.21. The van der Waals surface area contributed by atoms with Crippen LogP contribution in [-0.4, -0.2) is 26.4 Å². The molecule has 5 nitrogen and oxygen atoms in total. The van der Waals surface area contributed by atoms with E-state index in [9.17, 15) is 15.0 Å². The van der Waals surface area contributed by atoms with Crippen LogP contribution in [0.25, 0.3) is 10.9 Å². The molecule has 1 heterocycles. The number of fused-ring (bicyclic) bond motifs is 1. The van der Waals surface area contributed by atoms with Crippen molar-refractivity contribution in [2.24, 2.45) is 5.92 Å². The minimum Gasteiger partial charge on any atom is -0.487 e. The third-order valence-electron chi connectivity index (χ3n) is 6.84. The molecule has 0 bridgehead atoms. The molecule has 0 spiro atoms. The summed E-state index contributed by atoms with van der Waals surface area (Å²) < 4.78 is 6.13. The molecule has 0 amide bonds. The Hall–Kier alpha value is -3.06. The highest BCUT2D eigenvalue weighted by atomic mass is 35.5. The first-order valence-corrected chi connectivity index (χ1v) is 14.8. The second kappa shape index (κ2) is 13.1. The molecule has 7 heteroatoms. The predicted molar refractivity (Wildman–Crippen MR) is 164 cm³/mol. The van der Waals surface area contributed by atoms with Crippen LogP contribution in [0.2, 0.25) is 5.02 Å². The van der Waals surface area contributed by atoms with Crippen molar-refractivity contribution in [1.29, 1.82) is 0 Å². The minimum absolute atomic E-state index is 0.0272. The van der Waals surface area contributed by atoms with Crippen LogP contribution in [0.4, 0.5) is 0 Å². The Bertz CT molecular complexity index is 1470. The average molecular weight is 578 g/mol. The van der Waals surface area contributed by atoms with Gasteiger partial charge in [-0.25, -0.2) is 4.98 Å². The van der Waals surface area contributed by atoms with Crippen LogP contribution < -0.4 is 4.74 Å². The van der Waals surface area contributed by atoms with Crippen molar-refractivity contribution in [1.82, 2.24) is 4.98 Å². The number of aromatic nitrogens is 1. The summed E-state index contributed by atoms with van der Waals surface area (Å²) in [5.41, 5.74) is 3.61. The van der Waals surface area contributed by atoms with E-state index < -0.39 is 16.8 Å². The number of nitrogens with zero attached hydrogens (tertiary/aromatic N) is 1. The summed E-state index contributed by atoms with van der Waals surface area (Å²) in [6.45, 7) is 7.76. The number of aliphatic hydroxyl groups is 1. The Kier molecular flexibility index (Phi) is 9.77. The second-order valence-corrected chi connectivity index (χ2v) is 12.7. The molecule has 0 saturated heterocycles. The number of carboxylic acid groups (broad SMARTS) is 1. The van der Waals surface area contributed by atoms with Crippen molar-refractivity contribution < 1.29 is 19.7 Å². The highest BCUT2D eigenvalue weighted by molar-refractivity contribution is 8.00. The highest BCUT2D eigenvalue weighted by Crippen LogP contribution is 2.40. The Morgan fingerprint density at radius 2 is 1.77 bits per heavy atom. The monoisotopic (exact) mass is 577 g/mol. The molecule has 2 atom stereocenters. The molecule has 2 N–H and O–H groups in total. The summed E-state index contributed by atoms with van der Waals surface area (Å²) in [6.07, 6.45) is 1.42. The molecule has 0 aliphatic heterocycles. The minimum atomic E-state index is -0.962. The lowest BCUT2D eigenvalue weighted by Gasteiger charge is -2.26. The van der Waals surface area contributed by atoms with Crippen LogP contribution in [-0.2, 0) is 23.4 Å². The molecular weight excluding hydrogens is 542 g/mol. The van der Waals surface area contributed by atoms with Crippen LogP contribution in [0.15, 0.2) is 78.9 Å². The number of thioether (sulfide) groups is 1. The van der Waals surface area contributed by atoms with Crippen molar-refractivity contribution in [2.75, 3.05) is 0 Å². The van der Waals surface area contributed by atoms with Crippen molar-refractivity contribution >= 4 is 40.2 Å². The number of hydrogen-bond donors (Lipinski definition) is 2. The Balaban J connectivity index is 1.56. The Labute approximate surface area is 245 Å². The molecule has 1 unspecified atom stereocenters. The molecular formula is C33H36ClNO4S. The van der Waals surface area contributed by atoms with E-state index in [2.05, 4.69) is 4.98 Å². The van der Waals surface area contributed by atoms with E-state index in [-0.39, 0.29) is 11.2 Å². The number of halogens is 1. The molecule has 0 radical (unpaired) electrons. The van der Waals surface area contributed by atoms with Crippen LogP contribution in [0.3, 0.4) is 0 Å². The van der Waals surface area contributed by atoms with Gasteiger partial charge in [-0.3, -0.25) is 4.79 Å². The quantitative estimate of drug-likeness (QED) is 0.177. The first-order valence-electron chi connectivity index (χ1n) is 13.5. The van der Waals surface area contributed by atoms with Gasteiger partial charge in [-0.15, -0.1) is 11.8 Å². The maximum Gasteiger partial charge on any atom is 0.316 e. The van der Waals surface area contributed by atoms with Gasteiger partial charge in [0.05, 0.1) is 16.8 Å². The van der Waals surface area contributed by atoms with Gasteiger partial charge < -0.3 is 14.9 Å². The number of pyridine rings is 1. The lowest BCUT2D eigenvalue weighted by molar-refractivity contribution is -0.137. The second-order valence-electron chi connectivity index (χ2n) is 10.9. The maximum atomic E-state index is 12.1. The summed E-state index contributed by atoms with van der Waals surface area (Å²) in [5.74, 6) is -0.137. The van der Waals surface area contributed by atoms with E-state index in [1.807, 2.05) is 92.7 Å². The number of carboxylic acids is 1. The number of aliphatic carboxylic acids is 1. The number of benzene rings is 3. The fourth-order valence-corrected chi connectivity index (χ4v) is 6.30. The summed E-state index contributed by atoms with van der Waals surface area (Å²) in [4.78, 5) is 16.8. The number of aryl methyl sites for hydroxylation is 1. The van der Waals surface area contributed by atoms with Crippen LogP contribution in [0.5, 0.6) is 5.75 Å². The summed E-state index contributed by atoms with van der Waals surface area (Å²) in [7, 11) is 0. The van der Waals surface area contributed by atoms with Crippen molar-refractivity contribution in [3.05, 3.63) is 106 Å². The standard InChI is InChI=1S/C33H36ClNO4S/c1-21(2)31(32(36)37)40-30(17-14-22-8-5-6-11-28(22)33(3,4)38)24-9-7-10-27(18-24)39-20-26-16-13-23-12-15-25(34)19-29(23)35-26/h5-13,15-16,18-19,21,30-31,38H,14,17,20H2,1-4H3,(H,36,37)/t30-,31?/m1/s1. The van der Waals surface area contributed by atoms with Crippen LogP contribution in [0, 0.1) is 5.92 Å². The molecule has 0 aliphatic carbocycles. The van der Waals surface area contributed by atoms with Crippen LogP contribution in [0.1, 0.15) is 61.7 Å². The number of ether oxygens (including phenoxy) is 1. The van der Waals surface area contributed by atoms with Crippen LogP contribution >= 0.6 is 23.4 Å². The molecule has 0 fully saturated rings. The molecule has 1 aromatic heterocycles. The summed E-state index contributed by atoms with van der Waals surface area (Å²) >= 11 is 7.61. The van der Waals surface area contributed by atoms with Gasteiger partial charge in [0.25, 0.3) is 0 Å². The van der Waals surface area contributed by atoms with E-state index in [1.165, 1.54) is 11.8 Å². The molecule has 0 saturated carbocycles. The first kappa shape index (κ1) is 29.9. The number of rotatable bonds is 12. The van der Waals surface area contributed by atoms with Crippen molar-refractivity contribution in [3.8, 4) is 5.75 Å². The maximum absolute atomic E-state index is 12.1. The topological polar surface area (TPSA) is 79.7 Å². The van der Waals surface area contributed by atoms with Gasteiger partial charge in [-0.05, 0) is 79.6 Å². The average Bonchev–Trinajstić information content (AvgIpc) is 2.91. The zero-order valence-electron chi connectivity index (χ0n) is 23.3. The fourth-order valence-electron chi connectivity index (χ4n) is 4.79. The zero-order valence-corrected chi connectivity index (χ0v) is 24.9. The van der Waals surface area contributed by atoms with E-state index in [1.54, 1.807) is 13.8 Å². The van der Waals surface area contributed by atoms with Gasteiger partial charge in [0.2, 0.25) is 0 Å². The van der Waals surface area contributed by atoms with Gasteiger partial charge in [-0.1, -0.05) is 74.0 Å². The fraction of sp³-hybridized carbons (Fsp3) is 0.333. The normalized spacial score (nSPS) is 13.4. The van der Waals surface area contributed by atoms with E-state index >= 15 is 0 Å². The van der Waals surface area contributed by atoms with Crippen molar-refractivity contribution in [2.45, 2.75) is 63.2 Å². The van der Waals surface area contributed by atoms with Crippen molar-refractivity contribution in [3.63, 3.8) is 0 Å². The Morgan fingerprint density at radius 3 is 2.50 bits per heavy atom. The van der Waals surface area contributed by atoms with Gasteiger partial charge >= 0.3 is 5.97 Å². The highest BCUT2D eigenvalue weighted by Gasteiger charge is 2.28. The van der Waals surface area contributed by atoms with Gasteiger partial charge in [0, 0.05) is 15.7 Å². The third kappa shape index (κ3) is 7.78. The van der Waals surface area contributed by atoms with E-state index in [0.29, 0.717) is 30.2 Å². The third-order valence-corrected chi connectivity index (χ3v) is 8.95. The molecule has 40 heavy (non-hydrogen) atoms. The van der Waals surface area contributed by atoms with Gasteiger partial charge in [0.1, 0.15) is 17.6 Å². The smallest absolute Gasteiger partial charge is 0.316 e. The van der Waals surface area contributed by atoms with E-state index in [0.717, 1.165) is 33.3 Å². The molecule has 4 rings (SSSR count). The van der Waals surface area contributed by atoms with Gasteiger partial charge in [-0.2, -0.15) is 0 Å². The number of hydrogen-bond acceptors (Lipinski definition) is 5. The molecule has 4 aromatic rings. The lowest BCUT2D eigenvalue weighted by Crippen LogP contribution is -2.24.